The zero-order chi connectivity index (χ0) is 20.1. The van der Waals surface area contributed by atoms with E-state index in [0.717, 1.165) is 44.6 Å². The number of rotatable bonds is 5. The van der Waals surface area contributed by atoms with Crippen molar-refractivity contribution in [1.29, 1.82) is 0 Å². The highest BCUT2D eigenvalue weighted by molar-refractivity contribution is 6.11. The van der Waals surface area contributed by atoms with Gasteiger partial charge < -0.3 is 5.73 Å². The zero-order valence-electron chi connectivity index (χ0n) is 16.3. The number of benzene rings is 2. The van der Waals surface area contributed by atoms with E-state index in [1.165, 1.54) is 0 Å². The molecule has 0 bridgehead atoms. The first-order valence-corrected chi connectivity index (χ1v) is 9.53. The second-order valence-electron chi connectivity index (χ2n) is 6.84. The third-order valence-electron chi connectivity index (χ3n) is 4.75. The second kappa shape index (κ2) is 8.48. The molecule has 2 aromatic heterocycles. The third kappa shape index (κ3) is 4.22. The van der Waals surface area contributed by atoms with Crippen LogP contribution in [0.5, 0.6) is 0 Å². The first-order chi connectivity index (χ1) is 14.2. The Hall–Kier alpha value is -3.79. The van der Waals surface area contributed by atoms with Crippen LogP contribution in [0.3, 0.4) is 0 Å². The molecule has 29 heavy (non-hydrogen) atoms. The van der Waals surface area contributed by atoms with Gasteiger partial charge in [-0.1, -0.05) is 54.6 Å². The molecule has 2 heterocycles. The van der Waals surface area contributed by atoms with Crippen molar-refractivity contribution in [2.45, 2.75) is 13.5 Å². The predicted molar refractivity (Wildman–Crippen MR) is 121 cm³/mol. The number of nitrogens with zero attached hydrogens (tertiary/aromatic N) is 3. The van der Waals surface area contributed by atoms with Crippen LogP contribution in [0.15, 0.2) is 90.2 Å². The van der Waals surface area contributed by atoms with Gasteiger partial charge in [-0.2, -0.15) is 0 Å². The molecule has 0 aliphatic rings. The molecule has 0 amide bonds. The Morgan fingerprint density at radius 2 is 1.86 bits per heavy atom. The molecule has 0 aliphatic carbocycles. The summed E-state index contributed by atoms with van der Waals surface area (Å²) in [5, 5.41) is 1.10. The molecular weight excluding hydrogens is 356 g/mol. The molecule has 2 N–H and O–H groups in total. The summed E-state index contributed by atoms with van der Waals surface area (Å²) in [6.07, 6.45) is 5.21. The van der Waals surface area contributed by atoms with Crippen LogP contribution in [0, 0.1) is 6.92 Å². The van der Waals surface area contributed by atoms with Gasteiger partial charge in [0.2, 0.25) is 0 Å². The summed E-state index contributed by atoms with van der Waals surface area (Å²) in [5.74, 6) is 0. The van der Waals surface area contributed by atoms with Gasteiger partial charge >= 0.3 is 0 Å². The average Bonchev–Trinajstić information content (AvgIpc) is 2.77. The molecule has 0 atom stereocenters. The zero-order valence-corrected chi connectivity index (χ0v) is 16.3. The Kier molecular flexibility index (Phi) is 5.43. The van der Waals surface area contributed by atoms with Crippen LogP contribution >= 0.6 is 0 Å². The van der Waals surface area contributed by atoms with Crippen molar-refractivity contribution >= 4 is 22.7 Å². The molecule has 0 unspecified atom stereocenters. The van der Waals surface area contributed by atoms with Crippen molar-refractivity contribution in [2.24, 2.45) is 10.7 Å². The lowest BCUT2D eigenvalue weighted by molar-refractivity contribution is 1.08. The fraction of sp³-hybridized carbons (Fsp3) is 0.0800. The maximum absolute atomic E-state index is 5.97. The van der Waals surface area contributed by atoms with Gasteiger partial charge in [0.05, 0.1) is 17.8 Å². The third-order valence-corrected chi connectivity index (χ3v) is 4.75. The Morgan fingerprint density at radius 3 is 2.69 bits per heavy atom. The molecule has 0 aliphatic heterocycles. The number of nitrogens with two attached hydrogens (primary N) is 1. The number of aryl methyl sites for hydroxylation is 1. The smallest absolute Gasteiger partial charge is 0.0785 e. The van der Waals surface area contributed by atoms with Gasteiger partial charge in [-0.15, -0.1) is 0 Å². The van der Waals surface area contributed by atoms with E-state index in [9.17, 15) is 0 Å². The molecule has 4 nitrogen and oxygen atoms in total. The van der Waals surface area contributed by atoms with E-state index < -0.39 is 0 Å². The normalized spacial score (nSPS) is 12.0. The van der Waals surface area contributed by atoms with Crippen molar-refractivity contribution in [3.8, 4) is 11.3 Å². The van der Waals surface area contributed by atoms with E-state index in [1.807, 2.05) is 49.5 Å². The fourth-order valence-electron chi connectivity index (χ4n) is 3.26. The van der Waals surface area contributed by atoms with Crippen LogP contribution in [0.2, 0.25) is 0 Å². The van der Waals surface area contributed by atoms with Gasteiger partial charge in [-0.05, 0) is 30.7 Å². The number of aliphatic imine (C=N–C) groups is 1. The summed E-state index contributed by atoms with van der Waals surface area (Å²) in [5.41, 5.74) is 12.7. The maximum Gasteiger partial charge on any atom is 0.0785 e. The second-order valence-corrected chi connectivity index (χ2v) is 6.84. The first-order valence-electron chi connectivity index (χ1n) is 9.53. The van der Waals surface area contributed by atoms with Crippen molar-refractivity contribution in [3.05, 3.63) is 102 Å². The van der Waals surface area contributed by atoms with Crippen molar-refractivity contribution in [2.75, 3.05) is 0 Å². The lowest BCUT2D eigenvalue weighted by atomic mass is 9.99. The van der Waals surface area contributed by atoms with Crippen molar-refractivity contribution in [1.82, 2.24) is 9.97 Å². The lowest BCUT2D eigenvalue weighted by Crippen LogP contribution is -1.99. The quantitative estimate of drug-likeness (QED) is 0.487. The molecule has 0 radical (unpaired) electrons. The number of pyridine rings is 2. The van der Waals surface area contributed by atoms with Gasteiger partial charge in [0, 0.05) is 46.4 Å². The topological polar surface area (TPSA) is 64.2 Å². The fourth-order valence-corrected chi connectivity index (χ4v) is 3.26. The van der Waals surface area contributed by atoms with Crippen LogP contribution < -0.4 is 5.73 Å². The van der Waals surface area contributed by atoms with E-state index in [-0.39, 0.29) is 0 Å². The van der Waals surface area contributed by atoms with Gasteiger partial charge in [0.25, 0.3) is 0 Å². The SMILES string of the molecule is Cc1ccc(/C(C=NCc2ccccc2)=C/N)c(-c2ccc3cccnc3c2)n1. The van der Waals surface area contributed by atoms with Crippen molar-refractivity contribution < 1.29 is 0 Å². The number of hydrogen-bond acceptors (Lipinski definition) is 4. The van der Waals surface area contributed by atoms with E-state index in [2.05, 4.69) is 46.4 Å². The Labute approximate surface area is 170 Å². The average molecular weight is 378 g/mol. The van der Waals surface area contributed by atoms with Crippen LogP contribution in [0.25, 0.3) is 27.7 Å². The van der Waals surface area contributed by atoms with Gasteiger partial charge in [-0.25, -0.2) is 0 Å². The van der Waals surface area contributed by atoms with Crippen LogP contribution in [-0.4, -0.2) is 16.2 Å². The first kappa shape index (κ1) is 18.6. The summed E-state index contributed by atoms with van der Waals surface area (Å²) in [6, 6.07) is 24.4. The van der Waals surface area contributed by atoms with E-state index >= 15 is 0 Å². The Bertz CT molecular complexity index is 1190. The molecular formula is C25H22N4. The van der Waals surface area contributed by atoms with E-state index in [1.54, 1.807) is 12.4 Å². The monoisotopic (exact) mass is 378 g/mol. The number of aromatic nitrogens is 2. The van der Waals surface area contributed by atoms with E-state index in [0.29, 0.717) is 6.54 Å². The Balaban J connectivity index is 1.71. The molecule has 4 heteroatoms. The van der Waals surface area contributed by atoms with Crippen LogP contribution in [0.1, 0.15) is 16.8 Å². The lowest BCUT2D eigenvalue weighted by Gasteiger charge is -2.11. The standard InChI is InChI=1S/C25H22N4/c1-18-9-12-23(22(15-26)17-27-16-19-6-3-2-4-7-19)25(29-18)21-11-10-20-8-5-13-28-24(20)14-21/h2-15,17H,16,26H2,1H3/b22-15+,27-17?. The molecule has 142 valence electrons. The molecule has 0 fully saturated rings. The molecule has 0 saturated heterocycles. The molecule has 0 saturated carbocycles. The molecule has 0 spiro atoms. The summed E-state index contributed by atoms with van der Waals surface area (Å²) in [7, 11) is 0. The molecule has 4 rings (SSSR count). The van der Waals surface area contributed by atoms with Crippen LogP contribution in [0.4, 0.5) is 0 Å². The van der Waals surface area contributed by atoms with Gasteiger partial charge in [0.1, 0.15) is 0 Å². The van der Waals surface area contributed by atoms with Crippen molar-refractivity contribution in [3.63, 3.8) is 0 Å². The molecule has 2 aromatic carbocycles. The summed E-state index contributed by atoms with van der Waals surface area (Å²) >= 11 is 0. The number of fused-ring (bicyclic) bond motifs is 1. The van der Waals surface area contributed by atoms with E-state index in [4.69, 9.17) is 10.7 Å². The predicted octanol–water partition coefficient (Wildman–Crippen LogP) is 5.18. The Morgan fingerprint density at radius 1 is 1.00 bits per heavy atom. The minimum absolute atomic E-state index is 0.604. The molecule has 4 aromatic rings. The summed E-state index contributed by atoms with van der Waals surface area (Å²) < 4.78 is 0. The highest BCUT2D eigenvalue weighted by Crippen LogP contribution is 2.29. The van der Waals surface area contributed by atoms with Gasteiger partial charge in [0.15, 0.2) is 0 Å². The largest absolute Gasteiger partial charge is 0.404 e. The highest BCUT2D eigenvalue weighted by atomic mass is 14.7. The van der Waals surface area contributed by atoms with Crippen LogP contribution in [-0.2, 0) is 6.54 Å². The van der Waals surface area contributed by atoms with Gasteiger partial charge in [-0.3, -0.25) is 15.0 Å². The number of allylic oxidation sites excluding steroid dienone is 1. The maximum atomic E-state index is 5.97. The highest BCUT2D eigenvalue weighted by Gasteiger charge is 2.11. The summed E-state index contributed by atoms with van der Waals surface area (Å²) in [6.45, 7) is 2.59. The number of hydrogen-bond donors (Lipinski definition) is 1. The minimum atomic E-state index is 0.604. The minimum Gasteiger partial charge on any atom is -0.404 e. The summed E-state index contributed by atoms with van der Waals surface area (Å²) in [4.78, 5) is 13.9.